The van der Waals surface area contributed by atoms with Crippen LogP contribution in [0.2, 0.25) is 0 Å². The van der Waals surface area contributed by atoms with E-state index in [0.29, 0.717) is 56.7 Å². The molecule has 50 heavy (non-hydrogen) atoms. The van der Waals surface area contributed by atoms with Gasteiger partial charge in [0.05, 0.1) is 25.0 Å². The van der Waals surface area contributed by atoms with Crippen molar-refractivity contribution in [3.63, 3.8) is 0 Å². The van der Waals surface area contributed by atoms with E-state index in [-0.39, 0.29) is 32.4 Å². The lowest BCUT2D eigenvalue weighted by atomic mass is 9.70. The van der Waals surface area contributed by atoms with Crippen LogP contribution in [0.1, 0.15) is 91.0 Å². The van der Waals surface area contributed by atoms with Gasteiger partial charge in [-0.3, -0.25) is 24.1 Å². The van der Waals surface area contributed by atoms with Crippen molar-refractivity contribution in [3.05, 3.63) is 42.5 Å². The van der Waals surface area contributed by atoms with Crippen LogP contribution < -0.4 is 5.32 Å². The summed E-state index contributed by atoms with van der Waals surface area (Å²) in [5.41, 5.74) is -2.88. The van der Waals surface area contributed by atoms with Crippen LogP contribution in [0, 0.1) is 5.41 Å². The van der Waals surface area contributed by atoms with E-state index in [1.807, 2.05) is 0 Å². The first-order valence-corrected chi connectivity index (χ1v) is 17.3. The van der Waals surface area contributed by atoms with Crippen LogP contribution in [0.25, 0.3) is 0 Å². The van der Waals surface area contributed by atoms with Gasteiger partial charge >= 0.3 is 17.9 Å². The Hall–Kier alpha value is -4.10. The zero-order valence-corrected chi connectivity index (χ0v) is 30.1. The number of amides is 2. The molecule has 0 saturated carbocycles. The molecule has 2 aliphatic heterocycles. The molecule has 0 radical (unpaired) electrons. The van der Waals surface area contributed by atoms with E-state index in [1.165, 1.54) is 18.7 Å². The van der Waals surface area contributed by atoms with Gasteiger partial charge < -0.3 is 29.5 Å². The number of ketones is 1. The monoisotopic (exact) mass is 699 g/mol. The third-order valence-electron chi connectivity index (χ3n) is 9.03. The fraction of sp³-hybridized carbons (Fsp3) is 0.622. The molecule has 0 aliphatic carbocycles. The molecule has 0 spiro atoms. The molecular formula is C37H53N3O10. The van der Waals surface area contributed by atoms with Crippen molar-refractivity contribution >= 4 is 41.2 Å². The molecule has 2 aliphatic rings. The van der Waals surface area contributed by atoms with Crippen LogP contribution in [0.5, 0.6) is 0 Å². The summed E-state index contributed by atoms with van der Waals surface area (Å²) < 4.78 is 15.9. The highest BCUT2D eigenvalue weighted by atomic mass is 16.6. The molecule has 1 aromatic carbocycles. The molecule has 13 heteroatoms. The normalized spacial score (nSPS) is 19.2. The molecule has 276 valence electrons. The van der Waals surface area contributed by atoms with Crippen molar-refractivity contribution in [2.45, 2.75) is 96.6 Å². The minimum atomic E-state index is -1.77. The van der Waals surface area contributed by atoms with Crippen LogP contribution in [-0.4, -0.2) is 108 Å². The van der Waals surface area contributed by atoms with Gasteiger partial charge in [0.25, 0.3) is 5.91 Å². The summed E-state index contributed by atoms with van der Waals surface area (Å²) in [7, 11) is 0. The van der Waals surface area contributed by atoms with E-state index in [9.17, 15) is 33.9 Å². The molecule has 2 atom stereocenters. The maximum absolute atomic E-state index is 14.1. The highest BCUT2D eigenvalue weighted by Crippen LogP contribution is 2.45. The number of morpholine rings is 1. The van der Waals surface area contributed by atoms with Gasteiger partial charge in [-0.1, -0.05) is 18.7 Å². The molecule has 3 rings (SSSR count). The number of hydrogen-bond acceptors (Lipinski definition) is 10. The van der Waals surface area contributed by atoms with Crippen LogP contribution in [0.4, 0.5) is 5.69 Å². The number of ether oxygens (including phenoxy) is 3. The van der Waals surface area contributed by atoms with E-state index in [4.69, 9.17) is 14.2 Å². The number of rotatable bonds is 16. The lowest BCUT2D eigenvalue weighted by Gasteiger charge is -2.49. The Morgan fingerprint density at radius 2 is 1.74 bits per heavy atom. The predicted octanol–water partition coefficient (Wildman–Crippen LogP) is 4.10. The minimum Gasteiger partial charge on any atom is -0.479 e. The number of Topliss-reactive ketones (excluding diaryl/α,β-unsaturated/α-hetero) is 1. The van der Waals surface area contributed by atoms with Crippen molar-refractivity contribution in [1.29, 1.82) is 0 Å². The van der Waals surface area contributed by atoms with E-state index >= 15 is 0 Å². The van der Waals surface area contributed by atoms with Gasteiger partial charge in [-0.05, 0) is 91.0 Å². The summed E-state index contributed by atoms with van der Waals surface area (Å²) in [6, 6.07) is 6.86. The maximum Gasteiger partial charge on any atom is 0.330 e. The van der Waals surface area contributed by atoms with Gasteiger partial charge in [-0.2, -0.15) is 0 Å². The van der Waals surface area contributed by atoms with Gasteiger partial charge in [0.15, 0.2) is 0 Å². The summed E-state index contributed by atoms with van der Waals surface area (Å²) in [4.78, 5) is 81.6. The molecule has 2 N–H and O–H groups in total. The lowest BCUT2D eigenvalue weighted by molar-refractivity contribution is -0.169. The molecule has 2 amide bonds. The Kier molecular flexibility index (Phi) is 14.3. The second-order valence-corrected chi connectivity index (χ2v) is 14.6. The third kappa shape index (κ3) is 10.9. The number of carboxylic acid groups (broad SMARTS) is 1. The average Bonchev–Trinajstić information content (AvgIpc) is 3.07. The van der Waals surface area contributed by atoms with Gasteiger partial charge in [-0.25, -0.2) is 9.59 Å². The van der Waals surface area contributed by atoms with E-state index in [0.717, 1.165) is 19.2 Å². The summed E-state index contributed by atoms with van der Waals surface area (Å²) >= 11 is 0. The highest BCUT2D eigenvalue weighted by molar-refractivity contribution is 6.38. The maximum atomic E-state index is 14.1. The molecule has 1 unspecified atom stereocenters. The molecule has 1 aromatic rings. The molecule has 2 heterocycles. The van der Waals surface area contributed by atoms with Crippen molar-refractivity contribution in [2.75, 3.05) is 51.3 Å². The summed E-state index contributed by atoms with van der Waals surface area (Å²) in [6.45, 7) is 14.6. The molecule has 0 aromatic heterocycles. The minimum absolute atomic E-state index is 0.0560. The van der Waals surface area contributed by atoms with Gasteiger partial charge in [0, 0.05) is 43.7 Å². The molecular weight excluding hydrogens is 646 g/mol. The van der Waals surface area contributed by atoms with Gasteiger partial charge in [0.1, 0.15) is 17.7 Å². The van der Waals surface area contributed by atoms with E-state index < -0.39 is 58.0 Å². The standard InChI is InChI=1S/C37H53N3O10/c1-7-30(42)49-25-36(5,6)32(44)33(45)40-19-9-8-17-37(40,34(46)47)28(14-11-18-39-20-22-48-23-21-39)26-12-10-13-27(24-26)38-29(41)15-16-31(43)50-35(2,3)4/h7,10,12-13,24,28H,1,8-9,11,14-23,25H2,2-6H3,(H,38,41)(H,46,47)/t28-,37?/m1/s1. The second-order valence-electron chi connectivity index (χ2n) is 14.6. The van der Waals surface area contributed by atoms with E-state index in [1.54, 1.807) is 45.0 Å². The van der Waals surface area contributed by atoms with Crippen LogP contribution in [0.15, 0.2) is 36.9 Å². The first-order chi connectivity index (χ1) is 23.5. The van der Waals surface area contributed by atoms with Crippen molar-refractivity contribution < 1.29 is 48.1 Å². The van der Waals surface area contributed by atoms with Gasteiger partial charge in [-0.15, -0.1) is 0 Å². The van der Waals surface area contributed by atoms with Crippen molar-refractivity contribution in [1.82, 2.24) is 9.80 Å². The Balaban J connectivity index is 1.96. The number of nitrogens with one attached hydrogen (secondary N) is 1. The molecule has 13 nitrogen and oxygen atoms in total. The number of piperidine rings is 1. The number of benzene rings is 1. The highest BCUT2D eigenvalue weighted by Gasteiger charge is 2.56. The topological polar surface area (TPSA) is 169 Å². The Bertz CT molecular complexity index is 1410. The quantitative estimate of drug-likeness (QED) is 0.145. The third-order valence-corrected chi connectivity index (χ3v) is 9.03. The van der Waals surface area contributed by atoms with Crippen LogP contribution >= 0.6 is 0 Å². The molecule has 0 bridgehead atoms. The number of esters is 2. The average molecular weight is 700 g/mol. The van der Waals surface area contributed by atoms with Crippen LogP contribution in [0.3, 0.4) is 0 Å². The lowest BCUT2D eigenvalue weighted by Crippen LogP contribution is -2.64. The number of likely N-dealkylation sites (tertiary alicyclic amines) is 1. The number of anilines is 1. The fourth-order valence-electron chi connectivity index (χ4n) is 6.49. The first kappa shape index (κ1) is 40.3. The van der Waals surface area contributed by atoms with Crippen molar-refractivity contribution in [2.24, 2.45) is 5.41 Å². The first-order valence-electron chi connectivity index (χ1n) is 17.3. The predicted molar refractivity (Wildman–Crippen MR) is 185 cm³/mol. The zero-order valence-electron chi connectivity index (χ0n) is 30.1. The fourth-order valence-corrected chi connectivity index (χ4v) is 6.49. The Morgan fingerprint density at radius 1 is 1.04 bits per heavy atom. The Morgan fingerprint density at radius 3 is 2.38 bits per heavy atom. The smallest absolute Gasteiger partial charge is 0.330 e. The Labute approximate surface area is 294 Å². The SMILES string of the molecule is C=CC(=O)OCC(C)(C)C(=O)C(=O)N1CCCCC1(C(=O)O)[C@H](CCCN1CCOCC1)c1cccc(NC(=O)CCC(=O)OC(C)(C)C)c1. The number of carboxylic acids is 1. The number of aliphatic carboxylic acids is 1. The number of carbonyl (C=O) groups is 6. The zero-order chi connectivity index (χ0) is 37.1. The largest absolute Gasteiger partial charge is 0.479 e. The summed E-state index contributed by atoms with van der Waals surface area (Å²) in [6.07, 6.45) is 2.86. The van der Waals surface area contributed by atoms with E-state index in [2.05, 4.69) is 16.8 Å². The van der Waals surface area contributed by atoms with Gasteiger partial charge in [0.2, 0.25) is 11.7 Å². The second kappa shape index (κ2) is 17.7. The summed E-state index contributed by atoms with van der Waals surface area (Å²) in [5.74, 6) is -5.44. The molecule has 2 saturated heterocycles. The number of carbonyl (C=O) groups excluding carboxylic acids is 5. The number of hydrogen-bond donors (Lipinski definition) is 2. The van der Waals surface area contributed by atoms with Crippen molar-refractivity contribution in [3.8, 4) is 0 Å². The van der Waals surface area contributed by atoms with Crippen LogP contribution in [-0.2, 0) is 43.0 Å². The number of nitrogens with zero attached hydrogens (tertiary/aromatic N) is 2. The molecule has 2 fully saturated rings. The summed E-state index contributed by atoms with van der Waals surface area (Å²) in [5, 5.41) is 13.9.